The predicted molar refractivity (Wildman–Crippen MR) is 120 cm³/mol. The van der Waals surface area contributed by atoms with Crippen molar-refractivity contribution in [3.8, 4) is 11.5 Å². The molecule has 0 amide bonds. The van der Waals surface area contributed by atoms with Crippen molar-refractivity contribution in [2.24, 2.45) is 0 Å². The molecule has 158 valence electrons. The highest BCUT2D eigenvalue weighted by Gasteiger charge is 2.22. The number of hydrogen-bond acceptors (Lipinski definition) is 6. The van der Waals surface area contributed by atoms with Crippen LogP contribution in [0.3, 0.4) is 0 Å². The van der Waals surface area contributed by atoms with Crippen LogP contribution in [0.5, 0.6) is 11.5 Å². The number of rotatable bonds is 6. The Labute approximate surface area is 185 Å². The van der Waals surface area contributed by atoms with E-state index in [-0.39, 0.29) is 0 Å². The number of nitrogens with one attached hydrogen (secondary N) is 1. The van der Waals surface area contributed by atoms with Crippen molar-refractivity contribution < 1.29 is 9.47 Å². The number of anilines is 2. The monoisotopic (exact) mass is 435 g/mol. The highest BCUT2D eigenvalue weighted by Crippen LogP contribution is 2.33. The van der Waals surface area contributed by atoms with E-state index in [1.807, 2.05) is 42.5 Å². The topological polar surface area (TPSA) is 73.6 Å². The minimum Gasteiger partial charge on any atom is -0.497 e. The third-order valence-electron chi connectivity index (χ3n) is 5.44. The van der Waals surface area contributed by atoms with Crippen LogP contribution in [-0.2, 0) is 19.3 Å². The second kappa shape index (κ2) is 8.07. The summed E-state index contributed by atoms with van der Waals surface area (Å²) in [6.45, 7) is 0. The van der Waals surface area contributed by atoms with Gasteiger partial charge in [0.1, 0.15) is 17.3 Å². The molecule has 0 saturated carbocycles. The summed E-state index contributed by atoms with van der Waals surface area (Å²) in [5.74, 6) is 3.63. The Kier molecular flexibility index (Phi) is 5.11. The molecule has 0 radical (unpaired) electrons. The molecule has 2 heterocycles. The average molecular weight is 436 g/mol. The fourth-order valence-electron chi connectivity index (χ4n) is 3.93. The van der Waals surface area contributed by atoms with Gasteiger partial charge in [-0.15, -0.1) is 5.10 Å². The standard InChI is InChI=1S/C23H22ClN5O2/c1-30-17-11-16(12-18(13-17)31-2)25-22-19-4-3-5-20(19)26-23-27-21(28-29(22)23)10-14-6-8-15(24)9-7-14/h6-9,11-13,25H,3-5,10H2,1-2H3. The van der Waals surface area contributed by atoms with Crippen LogP contribution in [0.1, 0.15) is 29.1 Å². The Morgan fingerprint density at radius 1 is 1.00 bits per heavy atom. The summed E-state index contributed by atoms with van der Waals surface area (Å²) in [5, 5.41) is 9.01. The number of nitrogens with zero attached hydrogens (tertiary/aromatic N) is 4. The quantitative estimate of drug-likeness (QED) is 0.476. The second-order valence-corrected chi connectivity index (χ2v) is 7.95. The van der Waals surface area contributed by atoms with Crippen LogP contribution in [0.4, 0.5) is 11.5 Å². The van der Waals surface area contributed by atoms with Crippen LogP contribution in [0.25, 0.3) is 5.78 Å². The van der Waals surface area contributed by atoms with Crippen LogP contribution in [-0.4, -0.2) is 33.8 Å². The van der Waals surface area contributed by atoms with Gasteiger partial charge in [-0.25, -0.2) is 4.98 Å². The van der Waals surface area contributed by atoms with Gasteiger partial charge in [-0.2, -0.15) is 9.50 Å². The largest absolute Gasteiger partial charge is 0.497 e. The molecular weight excluding hydrogens is 414 g/mol. The minimum atomic E-state index is 0.599. The minimum absolute atomic E-state index is 0.599. The Morgan fingerprint density at radius 3 is 2.45 bits per heavy atom. The lowest BCUT2D eigenvalue weighted by Crippen LogP contribution is -2.07. The number of aromatic nitrogens is 4. The number of methoxy groups -OCH3 is 2. The van der Waals surface area contributed by atoms with E-state index in [1.165, 1.54) is 5.56 Å². The van der Waals surface area contributed by atoms with Crippen molar-refractivity contribution in [2.75, 3.05) is 19.5 Å². The van der Waals surface area contributed by atoms with Gasteiger partial charge < -0.3 is 14.8 Å². The van der Waals surface area contributed by atoms with E-state index in [1.54, 1.807) is 18.7 Å². The van der Waals surface area contributed by atoms with Gasteiger partial charge in [0.15, 0.2) is 5.82 Å². The molecule has 0 aliphatic heterocycles. The first-order valence-corrected chi connectivity index (χ1v) is 10.5. The van der Waals surface area contributed by atoms with Crippen LogP contribution in [0.15, 0.2) is 42.5 Å². The van der Waals surface area contributed by atoms with E-state index in [0.29, 0.717) is 34.5 Å². The maximum Gasteiger partial charge on any atom is 0.254 e. The fraction of sp³-hybridized carbons (Fsp3) is 0.261. The van der Waals surface area contributed by atoms with Gasteiger partial charge in [0.05, 0.1) is 19.9 Å². The molecule has 0 unspecified atom stereocenters. The average Bonchev–Trinajstić information content (AvgIpc) is 3.41. The second-order valence-electron chi connectivity index (χ2n) is 7.51. The van der Waals surface area contributed by atoms with Crippen molar-refractivity contribution in [1.82, 2.24) is 19.6 Å². The Morgan fingerprint density at radius 2 is 1.74 bits per heavy atom. The molecule has 2 aromatic heterocycles. The zero-order valence-corrected chi connectivity index (χ0v) is 18.1. The lowest BCUT2D eigenvalue weighted by Gasteiger charge is -2.14. The number of ether oxygens (including phenoxy) is 2. The van der Waals surface area contributed by atoms with E-state index in [2.05, 4.69) is 5.32 Å². The molecule has 0 spiro atoms. The Bertz CT molecular complexity index is 1230. The summed E-state index contributed by atoms with van der Waals surface area (Å²) >= 11 is 6.01. The van der Waals surface area contributed by atoms with Gasteiger partial charge in [0.2, 0.25) is 0 Å². The Hall–Kier alpha value is -3.32. The van der Waals surface area contributed by atoms with Gasteiger partial charge in [-0.1, -0.05) is 23.7 Å². The summed E-state index contributed by atoms with van der Waals surface area (Å²) < 4.78 is 12.6. The number of benzene rings is 2. The lowest BCUT2D eigenvalue weighted by molar-refractivity contribution is 0.395. The van der Waals surface area contributed by atoms with Crippen LogP contribution in [0, 0.1) is 0 Å². The zero-order chi connectivity index (χ0) is 21.4. The highest BCUT2D eigenvalue weighted by atomic mass is 35.5. The van der Waals surface area contributed by atoms with Gasteiger partial charge >= 0.3 is 0 Å². The maximum atomic E-state index is 6.01. The van der Waals surface area contributed by atoms with Gasteiger partial charge in [0.25, 0.3) is 5.78 Å². The molecule has 2 aromatic carbocycles. The van der Waals surface area contributed by atoms with Crippen molar-refractivity contribution in [2.45, 2.75) is 25.7 Å². The van der Waals surface area contributed by atoms with Crippen molar-refractivity contribution in [3.63, 3.8) is 0 Å². The van der Waals surface area contributed by atoms with Crippen molar-refractivity contribution in [1.29, 1.82) is 0 Å². The number of halogens is 1. The maximum absolute atomic E-state index is 6.01. The number of hydrogen-bond donors (Lipinski definition) is 1. The van der Waals surface area contributed by atoms with E-state index < -0.39 is 0 Å². The number of aryl methyl sites for hydroxylation is 1. The molecule has 7 nitrogen and oxygen atoms in total. The van der Waals surface area contributed by atoms with E-state index in [4.69, 9.17) is 36.1 Å². The first-order valence-electron chi connectivity index (χ1n) is 10.1. The molecular formula is C23H22ClN5O2. The third kappa shape index (κ3) is 3.88. The molecule has 5 rings (SSSR count). The van der Waals surface area contributed by atoms with Gasteiger partial charge in [0, 0.05) is 40.9 Å². The summed E-state index contributed by atoms with van der Waals surface area (Å²) in [6.07, 6.45) is 3.58. The summed E-state index contributed by atoms with van der Waals surface area (Å²) in [4.78, 5) is 9.48. The van der Waals surface area contributed by atoms with Gasteiger partial charge in [-0.3, -0.25) is 0 Å². The van der Waals surface area contributed by atoms with Crippen molar-refractivity contribution in [3.05, 3.63) is 70.1 Å². The zero-order valence-electron chi connectivity index (χ0n) is 17.4. The fourth-order valence-corrected chi connectivity index (χ4v) is 4.05. The van der Waals surface area contributed by atoms with E-state index in [9.17, 15) is 0 Å². The molecule has 31 heavy (non-hydrogen) atoms. The van der Waals surface area contributed by atoms with Crippen LogP contribution >= 0.6 is 11.6 Å². The molecule has 8 heteroatoms. The SMILES string of the molecule is COc1cc(Nc2c3c(nc4nc(Cc5ccc(Cl)cc5)nn24)CCC3)cc(OC)c1. The van der Waals surface area contributed by atoms with Gasteiger partial charge in [-0.05, 0) is 37.0 Å². The normalized spacial score (nSPS) is 12.7. The molecule has 0 bridgehead atoms. The molecule has 1 N–H and O–H groups in total. The third-order valence-corrected chi connectivity index (χ3v) is 5.70. The van der Waals surface area contributed by atoms with Crippen molar-refractivity contribution >= 4 is 28.9 Å². The molecule has 0 fully saturated rings. The highest BCUT2D eigenvalue weighted by molar-refractivity contribution is 6.30. The first-order chi connectivity index (χ1) is 15.1. The summed E-state index contributed by atoms with van der Waals surface area (Å²) in [6, 6.07) is 13.4. The number of fused-ring (bicyclic) bond motifs is 2. The summed E-state index contributed by atoms with van der Waals surface area (Å²) in [5.41, 5.74) is 4.21. The predicted octanol–water partition coefficient (Wildman–Crippen LogP) is 4.62. The first kappa shape index (κ1) is 19.6. The molecule has 4 aromatic rings. The van der Waals surface area contributed by atoms with Crippen LogP contribution < -0.4 is 14.8 Å². The smallest absolute Gasteiger partial charge is 0.254 e. The Balaban J connectivity index is 1.56. The molecule has 1 aliphatic rings. The van der Waals surface area contributed by atoms with E-state index >= 15 is 0 Å². The lowest BCUT2D eigenvalue weighted by atomic mass is 10.1. The van der Waals surface area contributed by atoms with E-state index in [0.717, 1.165) is 42.0 Å². The molecule has 0 atom stereocenters. The van der Waals surface area contributed by atoms with Crippen LogP contribution in [0.2, 0.25) is 5.02 Å². The molecule has 0 saturated heterocycles. The molecule has 1 aliphatic carbocycles. The summed E-state index contributed by atoms with van der Waals surface area (Å²) in [7, 11) is 3.28.